The van der Waals surface area contributed by atoms with Crippen molar-refractivity contribution in [1.29, 1.82) is 0 Å². The van der Waals surface area contributed by atoms with Crippen molar-refractivity contribution in [3.63, 3.8) is 0 Å². The van der Waals surface area contributed by atoms with Gasteiger partial charge in [-0.1, -0.05) is 27.2 Å². The lowest BCUT2D eigenvalue weighted by Crippen LogP contribution is -2.42. The average molecular weight is 462 g/mol. The minimum absolute atomic E-state index is 0.165. The van der Waals surface area contributed by atoms with Gasteiger partial charge in [0, 0.05) is 13.1 Å². The number of halogens is 3. The van der Waals surface area contributed by atoms with E-state index in [0.29, 0.717) is 24.7 Å². The number of rotatable bonds is 10. The van der Waals surface area contributed by atoms with E-state index >= 15 is 0 Å². The number of nitrogens with zero attached hydrogens (tertiary/aromatic N) is 4. The highest BCUT2D eigenvalue weighted by molar-refractivity contribution is 5.80. The van der Waals surface area contributed by atoms with Gasteiger partial charge in [-0.05, 0) is 11.8 Å². The molecule has 0 spiro atoms. The first-order valence-corrected chi connectivity index (χ1v) is 10.2. The van der Waals surface area contributed by atoms with Gasteiger partial charge in [0.1, 0.15) is 0 Å². The zero-order chi connectivity index (χ0) is 23.9. The summed E-state index contributed by atoms with van der Waals surface area (Å²) in [5.41, 5.74) is 3.03. The third kappa shape index (κ3) is 7.19. The fraction of sp³-hybridized carbons (Fsp3) is 0.684. The first-order valence-electron chi connectivity index (χ1n) is 10.2. The number of hydrogen-bond acceptors (Lipinski definition) is 8. The fourth-order valence-corrected chi connectivity index (χ4v) is 3.22. The lowest BCUT2D eigenvalue weighted by Gasteiger charge is -2.30. The van der Waals surface area contributed by atoms with Gasteiger partial charge in [0.25, 0.3) is 0 Å². The minimum Gasteiger partial charge on any atom is -0.378 e. The molecule has 1 fully saturated rings. The maximum absolute atomic E-state index is 13.6. The van der Waals surface area contributed by atoms with Crippen LogP contribution in [0.25, 0.3) is 0 Å². The zero-order valence-electron chi connectivity index (χ0n) is 18.3. The largest absolute Gasteiger partial charge is 0.435 e. The Morgan fingerprint density at radius 2 is 2.03 bits per heavy atom. The molecular formula is C19H29F3N6O4. The molecule has 13 heteroatoms. The van der Waals surface area contributed by atoms with E-state index in [1.165, 1.54) is 4.90 Å². The highest BCUT2D eigenvalue weighted by Gasteiger charge is 2.38. The molecule has 3 N–H and O–H groups in total. The second-order valence-electron chi connectivity index (χ2n) is 8.29. The van der Waals surface area contributed by atoms with E-state index in [2.05, 4.69) is 20.8 Å². The molecule has 0 aromatic carbocycles. The molecule has 1 saturated heterocycles. The van der Waals surface area contributed by atoms with Crippen LogP contribution in [0.1, 0.15) is 39.3 Å². The maximum atomic E-state index is 13.6. The number of carbonyl (C=O) groups is 2. The van der Waals surface area contributed by atoms with E-state index in [9.17, 15) is 28.0 Å². The summed E-state index contributed by atoms with van der Waals surface area (Å²) >= 11 is 0. The molecule has 1 aliphatic heterocycles. The Morgan fingerprint density at radius 1 is 1.38 bits per heavy atom. The number of amides is 2. The van der Waals surface area contributed by atoms with Crippen LogP contribution >= 0.6 is 0 Å². The molecule has 180 valence electrons. The quantitative estimate of drug-likeness (QED) is 0.275. The minimum atomic E-state index is -4.73. The van der Waals surface area contributed by atoms with Crippen molar-refractivity contribution in [3.8, 4) is 0 Å². The van der Waals surface area contributed by atoms with Gasteiger partial charge in [-0.25, -0.2) is 15.0 Å². The van der Waals surface area contributed by atoms with E-state index in [4.69, 9.17) is 4.74 Å². The number of alkyl halides is 3. The summed E-state index contributed by atoms with van der Waals surface area (Å²) in [4.78, 5) is 32.3. The van der Waals surface area contributed by atoms with Crippen LogP contribution in [0.4, 0.5) is 24.8 Å². The van der Waals surface area contributed by atoms with E-state index in [-0.39, 0.29) is 37.1 Å². The molecule has 0 bridgehead atoms. The number of nitrogens with one attached hydrogen (secondary N) is 2. The van der Waals surface area contributed by atoms with Gasteiger partial charge in [0.05, 0.1) is 37.6 Å². The molecule has 0 radical (unpaired) electrons. The normalized spacial score (nSPS) is 15.8. The number of hydrogen-bond donors (Lipinski definition) is 3. The van der Waals surface area contributed by atoms with Gasteiger partial charge in [0.15, 0.2) is 5.69 Å². The summed E-state index contributed by atoms with van der Waals surface area (Å²) in [7, 11) is 0. The molecule has 32 heavy (non-hydrogen) atoms. The van der Waals surface area contributed by atoms with E-state index in [1.807, 2.05) is 20.8 Å². The molecule has 0 saturated carbocycles. The number of hydroxylamine groups is 2. The van der Waals surface area contributed by atoms with Crippen molar-refractivity contribution in [2.45, 2.75) is 39.8 Å². The van der Waals surface area contributed by atoms with Crippen molar-refractivity contribution in [2.75, 3.05) is 43.2 Å². The van der Waals surface area contributed by atoms with Gasteiger partial charge < -0.3 is 9.64 Å². The molecule has 1 unspecified atom stereocenters. The van der Waals surface area contributed by atoms with Gasteiger partial charge in [-0.3, -0.25) is 25.6 Å². The van der Waals surface area contributed by atoms with Crippen LogP contribution in [0.3, 0.4) is 0 Å². The Morgan fingerprint density at radius 3 is 2.59 bits per heavy atom. The van der Waals surface area contributed by atoms with Crippen LogP contribution in [0.5, 0.6) is 0 Å². The Hall–Kier alpha value is -2.67. The van der Waals surface area contributed by atoms with Crippen molar-refractivity contribution in [3.05, 3.63) is 11.9 Å². The van der Waals surface area contributed by atoms with Gasteiger partial charge in [0.2, 0.25) is 18.3 Å². The predicted octanol–water partition coefficient (Wildman–Crippen LogP) is 2.07. The number of morpholine rings is 1. The highest BCUT2D eigenvalue weighted by atomic mass is 19.4. The lowest BCUT2D eigenvalue weighted by atomic mass is 9.80. The van der Waals surface area contributed by atoms with E-state index in [1.54, 1.807) is 0 Å². The molecule has 1 aliphatic rings. The summed E-state index contributed by atoms with van der Waals surface area (Å²) in [6.45, 7) is 6.66. The van der Waals surface area contributed by atoms with Crippen LogP contribution in [0.15, 0.2) is 6.20 Å². The van der Waals surface area contributed by atoms with Crippen molar-refractivity contribution < 1.29 is 32.7 Å². The fourth-order valence-electron chi connectivity index (χ4n) is 3.22. The Bertz CT molecular complexity index is 787. The number of hydrazine groups is 1. The van der Waals surface area contributed by atoms with Crippen LogP contribution < -0.4 is 15.8 Å². The third-order valence-electron chi connectivity index (χ3n) is 5.34. The molecule has 10 nitrogen and oxygen atoms in total. The summed E-state index contributed by atoms with van der Waals surface area (Å²) in [5, 5.41) is 9.87. The first kappa shape index (κ1) is 25.6. The second-order valence-corrected chi connectivity index (χ2v) is 8.29. The SMILES string of the molecule is CCC(C)(C)CC(CN(O)C=O)C(=O)NNc1ncc(N2CCOCC2)c(C(F)(F)F)n1. The topological polar surface area (TPSA) is 120 Å². The Kier molecular flexibility index (Phi) is 8.61. The molecule has 0 aliphatic carbocycles. The summed E-state index contributed by atoms with van der Waals surface area (Å²) < 4.78 is 45.9. The predicted molar refractivity (Wildman–Crippen MR) is 109 cm³/mol. The summed E-state index contributed by atoms with van der Waals surface area (Å²) in [6, 6.07) is 0. The monoisotopic (exact) mass is 462 g/mol. The molecule has 1 atom stereocenters. The molecule has 2 rings (SSSR count). The van der Waals surface area contributed by atoms with E-state index in [0.717, 1.165) is 12.6 Å². The maximum Gasteiger partial charge on any atom is 0.435 e. The third-order valence-corrected chi connectivity index (χ3v) is 5.34. The second kappa shape index (κ2) is 10.8. The molecule has 1 aromatic rings. The molecular weight excluding hydrogens is 433 g/mol. The van der Waals surface area contributed by atoms with Crippen LogP contribution in [-0.2, 0) is 20.5 Å². The van der Waals surface area contributed by atoms with Gasteiger partial charge in [-0.15, -0.1) is 0 Å². The molecule has 1 aromatic heterocycles. The first-order chi connectivity index (χ1) is 15.0. The van der Waals surface area contributed by atoms with Crippen molar-refractivity contribution >= 4 is 24.0 Å². The Balaban J connectivity index is 2.16. The van der Waals surface area contributed by atoms with Gasteiger partial charge in [-0.2, -0.15) is 13.2 Å². The van der Waals surface area contributed by atoms with Crippen LogP contribution in [0.2, 0.25) is 0 Å². The number of anilines is 2. The Labute approximate surface area is 184 Å². The smallest absolute Gasteiger partial charge is 0.378 e. The zero-order valence-corrected chi connectivity index (χ0v) is 18.3. The van der Waals surface area contributed by atoms with E-state index < -0.39 is 29.6 Å². The standard InChI is InChI=1S/C19H29F3N6O4/c1-4-18(2,3)9-13(11-28(31)12-29)16(30)25-26-17-23-10-14(15(24-17)19(20,21)22)27-5-7-32-8-6-27/h10,12-13,31H,4-9,11H2,1-3H3,(H,25,30)(H,23,24,26). The summed E-state index contributed by atoms with van der Waals surface area (Å²) in [6.07, 6.45) is -2.44. The molecule has 2 heterocycles. The van der Waals surface area contributed by atoms with Crippen LogP contribution in [0, 0.1) is 11.3 Å². The van der Waals surface area contributed by atoms with Crippen molar-refractivity contribution in [2.24, 2.45) is 11.3 Å². The summed E-state index contributed by atoms with van der Waals surface area (Å²) in [5.74, 6) is -1.88. The lowest BCUT2D eigenvalue weighted by molar-refractivity contribution is -0.155. The number of ether oxygens (including phenoxy) is 1. The average Bonchev–Trinajstić information content (AvgIpc) is 2.76. The van der Waals surface area contributed by atoms with Gasteiger partial charge >= 0.3 is 6.18 Å². The number of aromatic nitrogens is 2. The van der Waals surface area contributed by atoms with Crippen molar-refractivity contribution in [1.82, 2.24) is 20.5 Å². The highest BCUT2D eigenvalue weighted by Crippen LogP contribution is 2.35. The number of carbonyl (C=O) groups excluding carboxylic acids is 2. The molecule has 2 amide bonds. The van der Waals surface area contributed by atoms with Crippen LogP contribution in [-0.4, -0.2) is 65.4 Å².